The predicted molar refractivity (Wildman–Crippen MR) is 100 cm³/mol. The highest BCUT2D eigenvalue weighted by molar-refractivity contribution is 6.30. The lowest BCUT2D eigenvalue weighted by molar-refractivity contribution is -0.120. The van der Waals surface area contributed by atoms with E-state index in [2.05, 4.69) is 0 Å². The highest BCUT2D eigenvalue weighted by atomic mass is 35.5. The van der Waals surface area contributed by atoms with Crippen LogP contribution in [0.2, 0.25) is 5.02 Å². The number of carbonyl (C=O) groups excluding carboxylic acids is 2. The molecule has 0 aromatic heterocycles. The van der Waals surface area contributed by atoms with Gasteiger partial charge in [-0.2, -0.15) is 0 Å². The topological polar surface area (TPSA) is 43.4 Å². The number of ether oxygens (including phenoxy) is 1. The molecule has 0 fully saturated rings. The Kier molecular flexibility index (Phi) is 7.35. The minimum absolute atomic E-state index is 0.0192. The zero-order valence-electron chi connectivity index (χ0n) is 14.6. The summed E-state index contributed by atoms with van der Waals surface area (Å²) in [5, 5.41) is 0.695. The monoisotopic (exact) mass is 358 g/mol. The van der Waals surface area contributed by atoms with E-state index in [9.17, 15) is 9.59 Å². The number of Topliss-reactive ketones (excluding diaryl/α,β-unsaturated/α-hetero) is 1. The zero-order valence-corrected chi connectivity index (χ0v) is 15.3. The molecule has 2 aromatic carbocycles. The molecule has 0 aliphatic heterocycles. The zero-order chi connectivity index (χ0) is 18.2. The fourth-order valence-corrected chi connectivity index (χ4v) is 3.10. The van der Waals surface area contributed by atoms with Crippen LogP contribution >= 0.6 is 11.6 Å². The Hall–Kier alpha value is -1.97. The molecule has 25 heavy (non-hydrogen) atoms. The first-order chi connectivity index (χ1) is 12.0. The van der Waals surface area contributed by atoms with E-state index < -0.39 is 0 Å². The van der Waals surface area contributed by atoms with Gasteiger partial charge in [0, 0.05) is 29.5 Å². The maximum absolute atomic E-state index is 11.7. The largest absolute Gasteiger partial charge is 0.377 e. The van der Waals surface area contributed by atoms with Crippen LogP contribution in [0.4, 0.5) is 0 Å². The number of halogens is 1. The molecule has 0 saturated carbocycles. The van der Waals surface area contributed by atoms with E-state index in [4.69, 9.17) is 16.3 Å². The summed E-state index contributed by atoms with van der Waals surface area (Å²) in [5.41, 5.74) is 2.82. The summed E-state index contributed by atoms with van der Waals surface area (Å²) in [6.07, 6.45) is 1.71. The summed E-state index contributed by atoms with van der Waals surface area (Å²) in [6.45, 7) is 4.06. The van der Waals surface area contributed by atoms with E-state index in [1.54, 1.807) is 19.1 Å². The average Bonchev–Trinajstić information content (AvgIpc) is 2.61. The Labute approximate surface area is 154 Å². The molecular formula is C21H23ClO3. The summed E-state index contributed by atoms with van der Waals surface area (Å²) >= 11 is 5.98. The molecule has 1 unspecified atom stereocenters. The molecule has 0 N–H and O–H groups in total. The van der Waals surface area contributed by atoms with Crippen LogP contribution in [-0.4, -0.2) is 24.8 Å². The fraction of sp³-hybridized carbons (Fsp3) is 0.333. The molecule has 0 aliphatic carbocycles. The smallest absolute Gasteiger partial charge is 0.150 e. The van der Waals surface area contributed by atoms with Crippen molar-refractivity contribution < 1.29 is 14.3 Å². The number of ketones is 1. The Balaban J connectivity index is 2.34. The molecule has 0 bridgehead atoms. The molecule has 0 heterocycles. The second kappa shape index (κ2) is 9.50. The van der Waals surface area contributed by atoms with Gasteiger partial charge in [-0.15, -0.1) is 0 Å². The molecular weight excluding hydrogens is 336 g/mol. The van der Waals surface area contributed by atoms with Gasteiger partial charge in [-0.25, -0.2) is 0 Å². The summed E-state index contributed by atoms with van der Waals surface area (Å²) in [6, 6.07) is 15.2. The molecule has 0 aliphatic rings. The molecule has 132 valence electrons. The van der Waals surface area contributed by atoms with Crippen molar-refractivity contribution in [2.24, 2.45) is 0 Å². The summed E-state index contributed by atoms with van der Waals surface area (Å²) < 4.78 is 5.91. The van der Waals surface area contributed by atoms with Crippen molar-refractivity contribution in [3.8, 4) is 0 Å². The van der Waals surface area contributed by atoms with Crippen LogP contribution in [0.15, 0.2) is 48.5 Å². The van der Waals surface area contributed by atoms with Gasteiger partial charge in [-0.3, -0.25) is 9.59 Å². The first-order valence-electron chi connectivity index (χ1n) is 8.44. The Morgan fingerprint density at radius 1 is 1.12 bits per heavy atom. The van der Waals surface area contributed by atoms with Gasteiger partial charge >= 0.3 is 0 Å². The molecule has 2 rings (SSSR count). The van der Waals surface area contributed by atoms with Crippen LogP contribution in [0.5, 0.6) is 0 Å². The van der Waals surface area contributed by atoms with Crippen molar-refractivity contribution in [1.82, 2.24) is 0 Å². The number of aldehydes is 1. The molecule has 0 amide bonds. The second-order valence-electron chi connectivity index (χ2n) is 6.12. The number of benzene rings is 2. The van der Waals surface area contributed by atoms with E-state index in [1.165, 1.54) is 0 Å². The Morgan fingerprint density at radius 3 is 2.28 bits per heavy atom. The van der Waals surface area contributed by atoms with Gasteiger partial charge in [0.15, 0.2) is 0 Å². The van der Waals surface area contributed by atoms with Crippen molar-refractivity contribution in [3.63, 3.8) is 0 Å². The van der Waals surface area contributed by atoms with E-state index in [1.807, 2.05) is 43.3 Å². The lowest BCUT2D eigenvalue weighted by Gasteiger charge is -2.27. The summed E-state index contributed by atoms with van der Waals surface area (Å²) in [7, 11) is 0. The maximum atomic E-state index is 11.7. The molecule has 0 radical (unpaired) electrons. The van der Waals surface area contributed by atoms with Crippen LogP contribution < -0.4 is 0 Å². The third-order valence-electron chi connectivity index (χ3n) is 4.19. The first-order valence-corrected chi connectivity index (χ1v) is 8.82. The number of hydrogen-bond donors (Lipinski definition) is 0. The lowest BCUT2D eigenvalue weighted by Crippen LogP contribution is -2.26. The van der Waals surface area contributed by atoms with Crippen LogP contribution in [0.1, 0.15) is 47.7 Å². The molecule has 0 saturated heterocycles. The van der Waals surface area contributed by atoms with Crippen molar-refractivity contribution in [2.45, 2.75) is 38.7 Å². The molecule has 2 aromatic rings. The molecule has 3 nitrogen and oxygen atoms in total. The van der Waals surface area contributed by atoms with Crippen molar-refractivity contribution in [1.29, 1.82) is 0 Å². The Morgan fingerprint density at radius 2 is 1.76 bits per heavy atom. The number of hydrogen-bond acceptors (Lipinski definition) is 3. The van der Waals surface area contributed by atoms with Gasteiger partial charge < -0.3 is 4.74 Å². The van der Waals surface area contributed by atoms with Crippen molar-refractivity contribution >= 4 is 23.7 Å². The number of rotatable bonds is 9. The fourth-order valence-electron chi connectivity index (χ4n) is 2.97. The van der Waals surface area contributed by atoms with Gasteiger partial charge in [-0.05, 0) is 43.5 Å². The van der Waals surface area contributed by atoms with Gasteiger partial charge in [0.05, 0.1) is 6.10 Å². The minimum Gasteiger partial charge on any atom is -0.377 e. The van der Waals surface area contributed by atoms with Crippen LogP contribution in [0.25, 0.3) is 0 Å². The van der Waals surface area contributed by atoms with E-state index in [0.29, 0.717) is 23.6 Å². The SMILES string of the molecule is CCO[C@H](CC(C)=O)C(Cc1ccc(Cl)cc1)c1ccc(C=O)cc1. The normalized spacial score (nSPS) is 13.2. The van der Waals surface area contributed by atoms with E-state index >= 15 is 0 Å². The molecule has 0 spiro atoms. The average molecular weight is 359 g/mol. The van der Waals surface area contributed by atoms with Crippen molar-refractivity contribution in [3.05, 3.63) is 70.2 Å². The van der Waals surface area contributed by atoms with Crippen LogP contribution in [-0.2, 0) is 16.0 Å². The van der Waals surface area contributed by atoms with E-state index in [0.717, 1.165) is 23.8 Å². The molecule has 2 atom stereocenters. The third kappa shape index (κ3) is 5.80. The maximum Gasteiger partial charge on any atom is 0.150 e. The standard InChI is InChI=1S/C21H23ClO3/c1-3-25-21(12-15(2)24)20(13-16-6-10-19(22)11-7-16)18-8-4-17(14-23)5-9-18/h4-11,14,20-21H,3,12-13H2,1-2H3/t20?,21-/m1/s1. The third-order valence-corrected chi connectivity index (χ3v) is 4.44. The quantitative estimate of drug-likeness (QED) is 0.601. The van der Waals surface area contributed by atoms with Gasteiger partial charge in [-0.1, -0.05) is 48.0 Å². The lowest BCUT2D eigenvalue weighted by atomic mass is 9.85. The summed E-state index contributed by atoms with van der Waals surface area (Å²) in [4.78, 5) is 22.6. The van der Waals surface area contributed by atoms with Gasteiger partial charge in [0.25, 0.3) is 0 Å². The first kappa shape index (κ1) is 19.4. The number of carbonyl (C=O) groups is 2. The van der Waals surface area contributed by atoms with Gasteiger partial charge in [0.2, 0.25) is 0 Å². The van der Waals surface area contributed by atoms with Crippen molar-refractivity contribution in [2.75, 3.05) is 6.61 Å². The van der Waals surface area contributed by atoms with E-state index in [-0.39, 0.29) is 17.8 Å². The predicted octanol–water partition coefficient (Wildman–Crippen LogP) is 4.86. The second-order valence-corrected chi connectivity index (χ2v) is 6.56. The van der Waals surface area contributed by atoms with Crippen LogP contribution in [0.3, 0.4) is 0 Å². The molecule has 4 heteroatoms. The Bertz CT molecular complexity index is 692. The summed E-state index contributed by atoms with van der Waals surface area (Å²) in [5.74, 6) is 0.120. The highest BCUT2D eigenvalue weighted by Gasteiger charge is 2.25. The van der Waals surface area contributed by atoms with Gasteiger partial charge in [0.1, 0.15) is 12.1 Å². The van der Waals surface area contributed by atoms with Crippen LogP contribution in [0, 0.1) is 0 Å². The minimum atomic E-state index is -0.208. The highest BCUT2D eigenvalue weighted by Crippen LogP contribution is 2.29.